The van der Waals surface area contributed by atoms with Gasteiger partial charge in [-0.3, -0.25) is 0 Å². The molecule has 2 aromatic heterocycles. The van der Waals surface area contributed by atoms with Crippen LogP contribution in [0.25, 0.3) is 0 Å². The number of hydrogen-bond acceptors (Lipinski definition) is 5. The summed E-state index contributed by atoms with van der Waals surface area (Å²) in [5.41, 5.74) is 2.51. The topological polar surface area (TPSA) is 77.8 Å². The van der Waals surface area contributed by atoms with E-state index in [4.69, 9.17) is 10.00 Å². The number of ether oxygens (including phenoxy) is 1. The minimum atomic E-state index is 0.0822. The molecular formula is C16H19N5O. The first-order valence-electron chi connectivity index (χ1n) is 7.32. The van der Waals surface area contributed by atoms with Crippen molar-refractivity contribution in [2.45, 2.75) is 32.4 Å². The number of aryl methyl sites for hydroxylation is 2. The van der Waals surface area contributed by atoms with E-state index in [-0.39, 0.29) is 12.1 Å². The van der Waals surface area contributed by atoms with Crippen LogP contribution in [-0.4, -0.2) is 34.7 Å². The molecule has 0 aromatic carbocycles. The van der Waals surface area contributed by atoms with Gasteiger partial charge in [0.25, 0.3) is 0 Å². The minimum absolute atomic E-state index is 0.0822. The van der Waals surface area contributed by atoms with E-state index in [9.17, 15) is 0 Å². The van der Waals surface area contributed by atoms with Gasteiger partial charge in [-0.25, -0.2) is 9.97 Å². The zero-order valence-electron chi connectivity index (χ0n) is 13.0. The predicted molar refractivity (Wildman–Crippen MR) is 82.5 cm³/mol. The van der Waals surface area contributed by atoms with Crippen molar-refractivity contribution in [3.8, 4) is 6.07 Å². The Labute approximate surface area is 129 Å². The summed E-state index contributed by atoms with van der Waals surface area (Å²) in [5, 5.41) is 9.05. The van der Waals surface area contributed by atoms with Crippen LogP contribution >= 0.6 is 0 Å². The van der Waals surface area contributed by atoms with Crippen LogP contribution in [0, 0.1) is 25.2 Å². The quantitative estimate of drug-likeness (QED) is 0.940. The van der Waals surface area contributed by atoms with Gasteiger partial charge in [-0.1, -0.05) is 6.07 Å². The summed E-state index contributed by atoms with van der Waals surface area (Å²) in [7, 11) is 1.73. The highest BCUT2D eigenvalue weighted by Gasteiger charge is 2.36. The number of anilines is 1. The number of aromatic amines is 1. The molecule has 0 aliphatic carbocycles. The smallest absolute Gasteiger partial charge is 0.142 e. The summed E-state index contributed by atoms with van der Waals surface area (Å²) in [4.78, 5) is 14.6. The molecule has 6 nitrogen and oxygen atoms in total. The summed E-state index contributed by atoms with van der Waals surface area (Å²) < 4.78 is 5.53. The van der Waals surface area contributed by atoms with Crippen LogP contribution in [0.5, 0.6) is 0 Å². The summed E-state index contributed by atoms with van der Waals surface area (Å²) in [6, 6.07) is 7.67. The number of aromatic nitrogens is 3. The normalized spacial score (nSPS) is 21.1. The SMILES string of the molecule is CO[C@@H]1C[C@@H](c2nc(C)c(C)[nH]2)N(c2cccc(C#N)n2)C1. The second-order valence-corrected chi connectivity index (χ2v) is 5.59. The molecule has 3 rings (SSSR count). The van der Waals surface area contributed by atoms with Gasteiger partial charge >= 0.3 is 0 Å². The van der Waals surface area contributed by atoms with Crippen LogP contribution in [0.15, 0.2) is 18.2 Å². The molecule has 1 N–H and O–H groups in total. The lowest BCUT2D eigenvalue weighted by molar-refractivity contribution is 0.118. The molecule has 6 heteroatoms. The van der Waals surface area contributed by atoms with Gasteiger partial charge in [0.2, 0.25) is 0 Å². The number of nitrogens with one attached hydrogen (secondary N) is 1. The van der Waals surface area contributed by atoms with E-state index in [1.165, 1.54) is 0 Å². The molecule has 0 spiro atoms. The Morgan fingerprint density at radius 3 is 2.82 bits per heavy atom. The standard InChI is InChI=1S/C16H19N5O/c1-10-11(2)19-16(18-10)14-7-13(22-3)9-21(14)15-6-4-5-12(8-17)20-15/h4-6,13-14H,7,9H2,1-3H3,(H,18,19)/t13-,14+/m1/s1. The zero-order chi connectivity index (χ0) is 15.7. The summed E-state index contributed by atoms with van der Waals surface area (Å²) >= 11 is 0. The van der Waals surface area contributed by atoms with Crippen molar-refractivity contribution in [2.24, 2.45) is 0 Å². The van der Waals surface area contributed by atoms with E-state index in [1.807, 2.05) is 26.0 Å². The van der Waals surface area contributed by atoms with Crippen LogP contribution in [0.1, 0.15) is 35.4 Å². The number of imidazole rings is 1. The molecular weight excluding hydrogens is 278 g/mol. The van der Waals surface area contributed by atoms with Crippen LogP contribution in [0.4, 0.5) is 5.82 Å². The van der Waals surface area contributed by atoms with Gasteiger partial charge in [-0.2, -0.15) is 5.26 Å². The number of hydrogen-bond donors (Lipinski definition) is 1. The number of H-pyrrole nitrogens is 1. The molecule has 2 aromatic rings. The Hall–Kier alpha value is -2.39. The van der Waals surface area contributed by atoms with Crippen LogP contribution in [0.3, 0.4) is 0 Å². The largest absolute Gasteiger partial charge is 0.380 e. The predicted octanol–water partition coefficient (Wildman–Crippen LogP) is 2.26. The van der Waals surface area contributed by atoms with Crippen LogP contribution < -0.4 is 4.90 Å². The molecule has 114 valence electrons. The van der Waals surface area contributed by atoms with Gasteiger partial charge in [-0.15, -0.1) is 0 Å². The fraction of sp³-hybridized carbons (Fsp3) is 0.438. The van der Waals surface area contributed by atoms with Gasteiger partial charge in [0, 0.05) is 25.8 Å². The number of pyridine rings is 1. The van der Waals surface area contributed by atoms with E-state index in [0.29, 0.717) is 5.69 Å². The molecule has 1 fully saturated rings. The van der Waals surface area contributed by atoms with Crippen molar-refractivity contribution in [2.75, 3.05) is 18.6 Å². The van der Waals surface area contributed by atoms with E-state index in [0.717, 1.165) is 36.0 Å². The minimum Gasteiger partial charge on any atom is -0.380 e. The molecule has 1 saturated heterocycles. The molecule has 0 unspecified atom stereocenters. The zero-order valence-corrected chi connectivity index (χ0v) is 13.0. The van der Waals surface area contributed by atoms with Gasteiger partial charge in [-0.05, 0) is 26.0 Å². The molecule has 22 heavy (non-hydrogen) atoms. The number of methoxy groups -OCH3 is 1. The average molecular weight is 297 g/mol. The first kappa shape index (κ1) is 14.5. The molecule has 2 atom stereocenters. The third-order valence-corrected chi connectivity index (χ3v) is 4.20. The van der Waals surface area contributed by atoms with Crippen molar-refractivity contribution >= 4 is 5.82 Å². The summed E-state index contributed by atoms with van der Waals surface area (Å²) in [6.07, 6.45) is 0.977. The summed E-state index contributed by atoms with van der Waals surface area (Å²) in [5.74, 6) is 1.72. The van der Waals surface area contributed by atoms with Gasteiger partial charge < -0.3 is 14.6 Å². The Balaban J connectivity index is 1.97. The van der Waals surface area contributed by atoms with Crippen LogP contribution in [-0.2, 0) is 4.74 Å². The van der Waals surface area contributed by atoms with E-state index < -0.39 is 0 Å². The first-order chi connectivity index (χ1) is 10.6. The number of nitrogens with zero attached hydrogens (tertiary/aromatic N) is 4. The maximum absolute atomic E-state index is 9.05. The monoisotopic (exact) mass is 297 g/mol. The molecule has 1 aliphatic heterocycles. The third kappa shape index (κ3) is 2.55. The van der Waals surface area contributed by atoms with E-state index in [1.54, 1.807) is 13.2 Å². The Kier molecular flexibility index (Phi) is 3.82. The Morgan fingerprint density at radius 1 is 1.36 bits per heavy atom. The van der Waals surface area contributed by atoms with Crippen LogP contribution in [0.2, 0.25) is 0 Å². The molecule has 0 radical (unpaired) electrons. The molecule has 3 heterocycles. The maximum Gasteiger partial charge on any atom is 0.142 e. The fourth-order valence-corrected chi connectivity index (χ4v) is 2.86. The Morgan fingerprint density at radius 2 is 2.18 bits per heavy atom. The maximum atomic E-state index is 9.05. The molecule has 0 saturated carbocycles. The lowest BCUT2D eigenvalue weighted by Crippen LogP contribution is -2.26. The lowest BCUT2D eigenvalue weighted by Gasteiger charge is -2.24. The second-order valence-electron chi connectivity index (χ2n) is 5.59. The number of nitriles is 1. The van der Waals surface area contributed by atoms with Crippen molar-refractivity contribution in [3.05, 3.63) is 41.1 Å². The van der Waals surface area contributed by atoms with Crippen molar-refractivity contribution < 1.29 is 4.74 Å². The molecule has 0 amide bonds. The fourth-order valence-electron chi connectivity index (χ4n) is 2.86. The third-order valence-electron chi connectivity index (χ3n) is 4.20. The van der Waals surface area contributed by atoms with E-state index in [2.05, 4.69) is 25.9 Å². The second kappa shape index (κ2) is 5.78. The molecule has 1 aliphatic rings. The Bertz CT molecular complexity index is 698. The van der Waals surface area contributed by atoms with Crippen molar-refractivity contribution in [1.29, 1.82) is 5.26 Å². The molecule has 0 bridgehead atoms. The average Bonchev–Trinajstić information content (AvgIpc) is 3.11. The summed E-state index contributed by atoms with van der Waals surface area (Å²) in [6.45, 7) is 4.76. The van der Waals surface area contributed by atoms with E-state index >= 15 is 0 Å². The van der Waals surface area contributed by atoms with Gasteiger partial charge in [0.05, 0.1) is 17.8 Å². The highest BCUT2D eigenvalue weighted by atomic mass is 16.5. The lowest BCUT2D eigenvalue weighted by atomic mass is 10.2. The van der Waals surface area contributed by atoms with Gasteiger partial charge in [0.15, 0.2) is 0 Å². The van der Waals surface area contributed by atoms with Crippen molar-refractivity contribution in [1.82, 2.24) is 15.0 Å². The van der Waals surface area contributed by atoms with Gasteiger partial charge in [0.1, 0.15) is 23.4 Å². The highest BCUT2D eigenvalue weighted by molar-refractivity contribution is 5.45. The first-order valence-corrected chi connectivity index (χ1v) is 7.32. The van der Waals surface area contributed by atoms with Crippen molar-refractivity contribution in [3.63, 3.8) is 0 Å². The highest BCUT2D eigenvalue weighted by Crippen LogP contribution is 2.35. The number of rotatable bonds is 3.